The SMILES string of the molecule is CC(N)C(=O)O.CSCCC(NC=O)C(=O)NC(CC(C)C)C(=O)c1ccccc1. The minimum atomic E-state index is -0.963. The van der Waals surface area contributed by atoms with E-state index >= 15 is 0 Å². The van der Waals surface area contributed by atoms with E-state index in [-0.39, 0.29) is 17.6 Å². The first-order chi connectivity index (χ1) is 14.1. The quantitative estimate of drug-likeness (QED) is 0.287. The first-order valence-electron chi connectivity index (χ1n) is 9.70. The molecule has 1 aromatic rings. The number of ketones is 1. The maximum absolute atomic E-state index is 12.7. The summed E-state index contributed by atoms with van der Waals surface area (Å²) >= 11 is 1.60. The second-order valence-corrected chi connectivity index (χ2v) is 8.15. The second kappa shape index (κ2) is 15.4. The number of thioether (sulfide) groups is 1. The maximum Gasteiger partial charge on any atom is 0.320 e. The Bertz CT molecular complexity index is 668. The highest BCUT2D eigenvalue weighted by atomic mass is 32.2. The third-order valence-electron chi connectivity index (χ3n) is 3.98. The molecular weight excluding hydrogens is 406 g/mol. The van der Waals surface area contributed by atoms with E-state index in [4.69, 9.17) is 10.8 Å². The fourth-order valence-corrected chi connectivity index (χ4v) is 2.86. The zero-order chi connectivity index (χ0) is 23.1. The largest absolute Gasteiger partial charge is 0.480 e. The summed E-state index contributed by atoms with van der Waals surface area (Å²) in [5, 5.41) is 13.2. The number of Topliss-reactive ketones (excluding diaryl/α,β-unsaturated/α-hetero) is 1. The highest BCUT2D eigenvalue weighted by Crippen LogP contribution is 2.12. The van der Waals surface area contributed by atoms with Gasteiger partial charge in [-0.1, -0.05) is 44.2 Å². The predicted octanol–water partition coefficient (Wildman–Crippen LogP) is 1.69. The van der Waals surface area contributed by atoms with Gasteiger partial charge in [0.2, 0.25) is 12.3 Å². The Balaban J connectivity index is 0.00000122. The number of carbonyl (C=O) groups excluding carboxylic acids is 3. The third-order valence-corrected chi connectivity index (χ3v) is 4.63. The van der Waals surface area contributed by atoms with Crippen molar-refractivity contribution in [3.8, 4) is 0 Å². The highest BCUT2D eigenvalue weighted by Gasteiger charge is 2.26. The molecule has 8 nitrogen and oxygen atoms in total. The molecule has 1 rings (SSSR count). The monoisotopic (exact) mass is 439 g/mol. The van der Waals surface area contributed by atoms with Crippen LogP contribution in [0.1, 0.15) is 44.0 Å². The lowest BCUT2D eigenvalue weighted by Crippen LogP contribution is -2.50. The molecule has 0 aromatic heterocycles. The number of carboxylic acid groups (broad SMARTS) is 1. The minimum absolute atomic E-state index is 0.104. The highest BCUT2D eigenvalue weighted by molar-refractivity contribution is 7.98. The predicted molar refractivity (Wildman–Crippen MR) is 119 cm³/mol. The molecule has 0 radical (unpaired) electrons. The van der Waals surface area contributed by atoms with Gasteiger partial charge in [-0.15, -0.1) is 0 Å². The fraction of sp³-hybridized carbons (Fsp3) is 0.524. The summed E-state index contributed by atoms with van der Waals surface area (Å²) < 4.78 is 0. The molecule has 0 saturated carbocycles. The van der Waals surface area contributed by atoms with Crippen LogP contribution < -0.4 is 16.4 Å². The first-order valence-corrected chi connectivity index (χ1v) is 11.1. The van der Waals surface area contributed by atoms with Crippen molar-refractivity contribution in [3.63, 3.8) is 0 Å². The van der Waals surface area contributed by atoms with E-state index in [2.05, 4.69) is 10.6 Å². The fourth-order valence-electron chi connectivity index (χ4n) is 2.39. The molecule has 0 bridgehead atoms. The number of hydrogen-bond acceptors (Lipinski definition) is 6. The normalized spacial score (nSPS) is 13.3. The smallest absolute Gasteiger partial charge is 0.320 e. The molecule has 0 fully saturated rings. The lowest BCUT2D eigenvalue weighted by atomic mass is 9.95. The molecule has 30 heavy (non-hydrogen) atoms. The Morgan fingerprint density at radius 1 is 1.13 bits per heavy atom. The standard InChI is InChI=1S/C18H26N2O3S.C3H7NO2/c1-13(2)11-16(17(22)14-7-5-4-6-8-14)20-18(23)15(19-12-21)9-10-24-3;1-2(4)3(5)6/h4-8,12-13,15-16H,9-11H2,1-3H3,(H,19,21)(H,20,23);2H,4H2,1H3,(H,5,6). The van der Waals surface area contributed by atoms with Gasteiger partial charge in [-0.05, 0) is 37.7 Å². The zero-order valence-electron chi connectivity index (χ0n) is 18.0. The second-order valence-electron chi connectivity index (χ2n) is 7.17. The number of aliphatic carboxylic acids is 1. The lowest BCUT2D eigenvalue weighted by Gasteiger charge is -2.23. The van der Waals surface area contributed by atoms with Crippen LogP contribution in [0.5, 0.6) is 0 Å². The summed E-state index contributed by atoms with van der Waals surface area (Å²) in [5.74, 6) is -0.375. The van der Waals surface area contributed by atoms with E-state index < -0.39 is 24.1 Å². The molecule has 0 aliphatic carbocycles. The van der Waals surface area contributed by atoms with Crippen molar-refractivity contribution in [2.75, 3.05) is 12.0 Å². The number of carboxylic acids is 1. The van der Waals surface area contributed by atoms with Gasteiger partial charge in [-0.3, -0.25) is 19.2 Å². The molecule has 3 atom stereocenters. The Hall–Kier alpha value is -2.39. The van der Waals surface area contributed by atoms with Crippen LogP contribution in [0.4, 0.5) is 0 Å². The van der Waals surface area contributed by atoms with Gasteiger partial charge in [0.1, 0.15) is 12.1 Å². The van der Waals surface area contributed by atoms with Crippen LogP contribution in [0, 0.1) is 5.92 Å². The molecular formula is C21H33N3O5S. The van der Waals surface area contributed by atoms with Crippen LogP contribution in [0.2, 0.25) is 0 Å². The summed E-state index contributed by atoms with van der Waals surface area (Å²) in [4.78, 5) is 45.5. The number of rotatable bonds is 12. The van der Waals surface area contributed by atoms with Gasteiger partial charge >= 0.3 is 5.97 Å². The van der Waals surface area contributed by atoms with E-state index in [1.807, 2.05) is 26.2 Å². The summed E-state index contributed by atoms with van der Waals surface area (Å²) in [6.45, 7) is 5.43. The molecule has 0 aliphatic rings. The molecule has 1 aromatic carbocycles. The number of carbonyl (C=O) groups is 4. The number of nitrogens with one attached hydrogen (secondary N) is 2. The maximum atomic E-state index is 12.7. The van der Waals surface area contributed by atoms with Gasteiger partial charge in [0.25, 0.3) is 0 Å². The van der Waals surface area contributed by atoms with Gasteiger partial charge in [-0.25, -0.2) is 0 Å². The van der Waals surface area contributed by atoms with Gasteiger partial charge in [0, 0.05) is 5.56 Å². The van der Waals surface area contributed by atoms with Crippen molar-refractivity contribution < 1.29 is 24.3 Å². The van der Waals surface area contributed by atoms with Crippen LogP contribution in [0.25, 0.3) is 0 Å². The summed E-state index contributed by atoms with van der Waals surface area (Å²) in [6, 6.07) is 7.00. The van der Waals surface area contributed by atoms with Crippen LogP contribution in [-0.4, -0.2) is 59.3 Å². The number of benzene rings is 1. The molecule has 9 heteroatoms. The summed E-state index contributed by atoms with van der Waals surface area (Å²) in [7, 11) is 0. The van der Waals surface area contributed by atoms with Gasteiger partial charge < -0.3 is 21.5 Å². The summed E-state index contributed by atoms with van der Waals surface area (Å²) in [5.41, 5.74) is 5.41. The van der Waals surface area contributed by atoms with Crippen molar-refractivity contribution in [1.82, 2.24) is 10.6 Å². The Labute approximate surface area is 182 Å². The molecule has 2 amide bonds. The topological polar surface area (TPSA) is 139 Å². The molecule has 0 heterocycles. The van der Waals surface area contributed by atoms with Crippen molar-refractivity contribution >= 4 is 35.8 Å². The summed E-state index contributed by atoms with van der Waals surface area (Å²) in [6.07, 6.45) is 3.55. The minimum Gasteiger partial charge on any atom is -0.480 e. The Kier molecular flexibility index (Phi) is 14.2. The van der Waals surface area contributed by atoms with Crippen molar-refractivity contribution in [1.29, 1.82) is 0 Å². The van der Waals surface area contributed by atoms with Gasteiger partial charge in [-0.2, -0.15) is 11.8 Å². The molecule has 0 spiro atoms. The van der Waals surface area contributed by atoms with Crippen molar-refractivity contribution in [2.45, 2.75) is 51.7 Å². The van der Waals surface area contributed by atoms with Crippen LogP contribution in [0.15, 0.2) is 30.3 Å². The van der Waals surface area contributed by atoms with Gasteiger partial charge in [0.05, 0.1) is 6.04 Å². The van der Waals surface area contributed by atoms with E-state index in [0.717, 1.165) is 5.75 Å². The zero-order valence-corrected chi connectivity index (χ0v) is 18.8. The number of amides is 2. The van der Waals surface area contributed by atoms with Crippen LogP contribution >= 0.6 is 11.8 Å². The molecule has 168 valence electrons. The number of hydrogen-bond donors (Lipinski definition) is 4. The van der Waals surface area contributed by atoms with Crippen LogP contribution in [0.3, 0.4) is 0 Å². The molecule has 3 unspecified atom stereocenters. The number of nitrogens with two attached hydrogens (primary N) is 1. The van der Waals surface area contributed by atoms with E-state index in [9.17, 15) is 19.2 Å². The van der Waals surface area contributed by atoms with Gasteiger partial charge in [0.15, 0.2) is 5.78 Å². The van der Waals surface area contributed by atoms with E-state index in [1.54, 1.807) is 36.0 Å². The molecule has 0 saturated heterocycles. The average molecular weight is 440 g/mol. The van der Waals surface area contributed by atoms with E-state index in [0.29, 0.717) is 24.8 Å². The lowest BCUT2D eigenvalue weighted by molar-refractivity contribution is -0.138. The van der Waals surface area contributed by atoms with Crippen molar-refractivity contribution in [3.05, 3.63) is 35.9 Å². The molecule has 0 aliphatic heterocycles. The third kappa shape index (κ3) is 11.6. The first kappa shape index (κ1) is 27.6. The van der Waals surface area contributed by atoms with E-state index in [1.165, 1.54) is 6.92 Å². The Morgan fingerprint density at radius 3 is 2.13 bits per heavy atom. The van der Waals surface area contributed by atoms with Crippen LogP contribution in [-0.2, 0) is 14.4 Å². The Morgan fingerprint density at radius 2 is 1.70 bits per heavy atom. The molecule has 5 N–H and O–H groups in total. The average Bonchev–Trinajstić information content (AvgIpc) is 2.70. The van der Waals surface area contributed by atoms with Crippen molar-refractivity contribution in [2.24, 2.45) is 11.7 Å².